The molecule has 20 heteroatoms. The van der Waals surface area contributed by atoms with E-state index in [-0.39, 0.29) is 38.0 Å². The molecule has 3 amide bonds. The number of carbonyl (C=O) groups is 3. The Kier molecular flexibility index (Phi) is 10.9. The van der Waals surface area contributed by atoms with Crippen molar-refractivity contribution < 1.29 is 71.1 Å². The predicted molar refractivity (Wildman–Crippen MR) is 196 cm³/mol. The second kappa shape index (κ2) is 15.1. The lowest BCUT2D eigenvalue weighted by Crippen LogP contribution is -2.55. The van der Waals surface area contributed by atoms with Gasteiger partial charge in [-0.15, -0.1) is 0 Å². The molecule has 2 aliphatic heterocycles. The Morgan fingerprint density at radius 3 is 2.12 bits per heavy atom. The number of alkyl halides is 7. The number of fused-ring (bicyclic) bond motifs is 3. The quantitative estimate of drug-likeness (QED) is 0.170. The van der Waals surface area contributed by atoms with E-state index in [1.807, 2.05) is 30.3 Å². The molecule has 3 fully saturated rings. The van der Waals surface area contributed by atoms with Crippen molar-refractivity contribution in [1.82, 2.24) is 9.80 Å². The monoisotopic (exact) mass is 890 g/mol. The average Bonchev–Trinajstić information content (AvgIpc) is 3.77. The number of nitrogens with zero attached hydrogens (tertiary/aromatic N) is 2. The van der Waals surface area contributed by atoms with Crippen LogP contribution < -0.4 is 0 Å². The number of aryl methyl sites for hydroxylation is 1. The lowest BCUT2D eigenvalue weighted by Gasteiger charge is -2.43. The van der Waals surface area contributed by atoms with Crippen LogP contribution in [0.4, 0.5) is 39.9 Å². The number of imide groups is 1. The first kappa shape index (κ1) is 43.5. The van der Waals surface area contributed by atoms with Crippen LogP contribution in [-0.4, -0.2) is 82.1 Å². The van der Waals surface area contributed by atoms with Gasteiger partial charge in [0.15, 0.2) is 0 Å². The van der Waals surface area contributed by atoms with E-state index in [1.54, 1.807) is 6.92 Å². The minimum Gasteiger partial charge on any atom is -0.447 e. The molecule has 4 aliphatic rings. The summed E-state index contributed by atoms with van der Waals surface area (Å²) < 4.78 is 172. The molecule has 0 radical (unpaired) electrons. The highest BCUT2D eigenvalue weighted by atomic mass is 33.2. The third kappa shape index (κ3) is 6.75. The van der Waals surface area contributed by atoms with E-state index in [2.05, 4.69) is 0 Å². The molecule has 0 aromatic heterocycles. The van der Waals surface area contributed by atoms with Gasteiger partial charge in [-0.05, 0) is 91.8 Å². The lowest BCUT2D eigenvalue weighted by atomic mass is 9.73. The standard InChI is InChI=1S/C40H38F8N2O8S2/c1-23-19-26(7-14-31(23)35(52)50-29(22-58-36(50)53)20-24-5-3-2-4-6-24)34(51)49-18-17-37(60(56,57)59(54,55)30-12-10-28(41)11-13-30)32-15-9-27(21-25(32)8-16-33(37)49)38(42,39(43,44)45)40(46,47)48/h2-6,9-13,15,21,23,26,29,31,33H,7-8,14,16-20,22H2,1H3/t23-,26?,29-,31-,33-,37-/m1/s1. The molecule has 1 saturated carbocycles. The molecule has 0 spiro atoms. The zero-order chi connectivity index (χ0) is 43.8. The van der Waals surface area contributed by atoms with E-state index < -0.39 is 141 Å². The zero-order valence-electron chi connectivity index (χ0n) is 31.7. The van der Waals surface area contributed by atoms with Crippen molar-refractivity contribution in [3.63, 3.8) is 0 Å². The second-order valence-electron chi connectivity index (χ2n) is 15.8. The Morgan fingerprint density at radius 2 is 1.50 bits per heavy atom. The predicted octanol–water partition coefficient (Wildman–Crippen LogP) is 7.30. The van der Waals surface area contributed by atoms with Crippen molar-refractivity contribution in [2.75, 3.05) is 13.2 Å². The highest BCUT2D eigenvalue weighted by Gasteiger charge is 2.74. The Bertz CT molecular complexity index is 2400. The number of halogens is 8. The second-order valence-corrected chi connectivity index (χ2v) is 21.5. The van der Waals surface area contributed by atoms with Crippen LogP contribution in [0, 0.1) is 23.6 Å². The van der Waals surface area contributed by atoms with Crippen LogP contribution in [0.5, 0.6) is 0 Å². The third-order valence-corrected chi connectivity index (χ3v) is 18.8. The molecule has 2 aliphatic carbocycles. The number of benzene rings is 3. The highest BCUT2D eigenvalue weighted by molar-refractivity contribution is 8.67. The molecule has 6 atom stereocenters. The van der Waals surface area contributed by atoms with Gasteiger partial charge in [0, 0.05) is 23.9 Å². The number of cyclic esters (lactones) is 1. The number of likely N-dealkylation sites (tertiary alicyclic amines) is 1. The van der Waals surface area contributed by atoms with Gasteiger partial charge in [0.1, 0.15) is 17.2 Å². The largest absolute Gasteiger partial charge is 0.447 e. The van der Waals surface area contributed by atoms with Crippen molar-refractivity contribution in [3.05, 3.63) is 101 Å². The fraction of sp³-hybridized carbons (Fsp3) is 0.475. The first-order valence-corrected chi connectivity index (χ1v) is 22.5. The topological polar surface area (TPSA) is 135 Å². The number of hydrogen-bond donors (Lipinski definition) is 0. The summed E-state index contributed by atoms with van der Waals surface area (Å²) in [4.78, 5) is 42.5. The fourth-order valence-electron chi connectivity index (χ4n) is 9.55. The molecule has 2 saturated heterocycles. The van der Waals surface area contributed by atoms with Crippen LogP contribution in [-0.2, 0) is 55.3 Å². The summed E-state index contributed by atoms with van der Waals surface area (Å²) in [5, 5.41) is 0. The van der Waals surface area contributed by atoms with Crippen LogP contribution >= 0.6 is 0 Å². The Labute approximate surface area is 339 Å². The van der Waals surface area contributed by atoms with Gasteiger partial charge < -0.3 is 9.64 Å². The van der Waals surface area contributed by atoms with Crippen LogP contribution in [0.25, 0.3) is 0 Å². The van der Waals surface area contributed by atoms with Crippen molar-refractivity contribution >= 4 is 35.6 Å². The van der Waals surface area contributed by atoms with Crippen LogP contribution in [0.1, 0.15) is 61.3 Å². The smallest absolute Gasteiger partial charge is 0.435 e. The molecule has 1 unspecified atom stereocenters. The summed E-state index contributed by atoms with van der Waals surface area (Å²) in [5.41, 5.74) is -7.90. The van der Waals surface area contributed by atoms with Gasteiger partial charge in [-0.1, -0.05) is 55.5 Å². The number of amides is 3. The van der Waals surface area contributed by atoms with E-state index in [9.17, 15) is 62.0 Å². The van der Waals surface area contributed by atoms with Crippen molar-refractivity contribution in [2.24, 2.45) is 17.8 Å². The molecule has 0 N–H and O–H groups in total. The van der Waals surface area contributed by atoms with E-state index >= 15 is 4.39 Å². The molecule has 60 heavy (non-hydrogen) atoms. The maximum Gasteiger partial charge on any atom is 0.435 e. The summed E-state index contributed by atoms with van der Waals surface area (Å²) in [6.07, 6.45) is -14.7. The lowest BCUT2D eigenvalue weighted by molar-refractivity contribution is -0.348. The minimum absolute atomic E-state index is 0.0106. The van der Waals surface area contributed by atoms with Crippen molar-refractivity contribution in [1.29, 1.82) is 0 Å². The first-order valence-electron chi connectivity index (χ1n) is 19.0. The van der Waals surface area contributed by atoms with E-state index in [4.69, 9.17) is 4.74 Å². The van der Waals surface area contributed by atoms with Crippen LogP contribution in [0.2, 0.25) is 0 Å². The Balaban J connectivity index is 1.21. The summed E-state index contributed by atoms with van der Waals surface area (Å²) in [7, 11) is -11.2. The average molecular weight is 891 g/mol. The molecular formula is C40H38F8N2O8S2. The van der Waals surface area contributed by atoms with Gasteiger partial charge in [-0.25, -0.2) is 35.3 Å². The van der Waals surface area contributed by atoms with Crippen LogP contribution in [0.15, 0.2) is 77.7 Å². The van der Waals surface area contributed by atoms with Crippen molar-refractivity contribution in [3.8, 4) is 0 Å². The molecule has 324 valence electrons. The van der Waals surface area contributed by atoms with E-state index in [0.717, 1.165) is 15.4 Å². The molecule has 7 rings (SSSR count). The van der Waals surface area contributed by atoms with E-state index in [0.29, 0.717) is 36.8 Å². The van der Waals surface area contributed by atoms with E-state index in [1.165, 1.54) is 0 Å². The van der Waals surface area contributed by atoms with Gasteiger partial charge in [-0.2, -0.15) is 26.3 Å². The van der Waals surface area contributed by atoms with Gasteiger partial charge >= 0.3 is 24.1 Å². The normalized spacial score (nSPS) is 26.4. The van der Waals surface area contributed by atoms with Crippen molar-refractivity contribution in [2.45, 2.75) is 91.6 Å². The molecule has 0 bridgehead atoms. The minimum atomic E-state index is -6.49. The zero-order valence-corrected chi connectivity index (χ0v) is 33.3. The third-order valence-electron chi connectivity index (χ3n) is 12.5. The molecular weight excluding hydrogens is 853 g/mol. The van der Waals surface area contributed by atoms with Crippen LogP contribution in [0.3, 0.4) is 0 Å². The molecule has 3 aromatic carbocycles. The Hall–Kier alpha value is -4.59. The summed E-state index contributed by atoms with van der Waals surface area (Å²) >= 11 is 0. The number of ether oxygens (including phenoxy) is 1. The first-order chi connectivity index (χ1) is 28.0. The maximum absolute atomic E-state index is 15.3. The fourth-order valence-corrected chi connectivity index (χ4v) is 15.2. The number of carbonyl (C=O) groups excluding carboxylic acids is 3. The maximum atomic E-state index is 15.3. The highest BCUT2D eigenvalue weighted by Crippen LogP contribution is 2.57. The summed E-state index contributed by atoms with van der Waals surface area (Å²) in [5.74, 6) is -4.05. The van der Waals surface area contributed by atoms with Gasteiger partial charge in [0.05, 0.1) is 17.0 Å². The van der Waals surface area contributed by atoms with Gasteiger partial charge in [0.25, 0.3) is 17.7 Å². The Morgan fingerprint density at radius 1 is 0.850 bits per heavy atom. The van der Waals surface area contributed by atoms with Gasteiger partial charge in [0.2, 0.25) is 11.8 Å². The SMILES string of the molecule is C[C@@H]1CC(C(=O)N2CC[C@@]3(S(=O)(=O)S(=O)(=O)c4ccc(F)cc4)c4ccc(C(F)(C(F)(F)F)C(F)(F)F)cc4CC[C@@H]23)CC[C@H]1C(=O)N1C(=O)OC[C@H]1Cc1ccccc1. The number of hydrogen-bond acceptors (Lipinski definition) is 8. The molecule has 10 nitrogen and oxygen atoms in total. The number of rotatable bonds is 8. The summed E-state index contributed by atoms with van der Waals surface area (Å²) in [6, 6.07) is 10.7. The van der Waals surface area contributed by atoms with Gasteiger partial charge in [-0.3, -0.25) is 9.59 Å². The summed E-state index contributed by atoms with van der Waals surface area (Å²) in [6.45, 7) is 1.29. The molecule has 3 aromatic rings. The molecule has 2 heterocycles.